The van der Waals surface area contributed by atoms with E-state index in [0.29, 0.717) is 5.92 Å². The fourth-order valence-corrected chi connectivity index (χ4v) is 2.02. The van der Waals surface area contributed by atoms with E-state index in [-0.39, 0.29) is 6.10 Å². The SMILES string of the molecule is CC(C)c1n[nH]c(C2Cc3ccccc3O2)n1. The van der Waals surface area contributed by atoms with E-state index in [2.05, 4.69) is 35.1 Å². The minimum absolute atomic E-state index is 0.0209. The average Bonchev–Trinajstić information content (AvgIpc) is 2.95. The van der Waals surface area contributed by atoms with Crippen LogP contribution in [0, 0.1) is 0 Å². The monoisotopic (exact) mass is 229 g/mol. The van der Waals surface area contributed by atoms with Gasteiger partial charge in [0.25, 0.3) is 0 Å². The highest BCUT2D eigenvalue weighted by Crippen LogP contribution is 2.35. The summed E-state index contributed by atoms with van der Waals surface area (Å²) >= 11 is 0. The van der Waals surface area contributed by atoms with Crippen LogP contribution in [0.25, 0.3) is 0 Å². The summed E-state index contributed by atoms with van der Waals surface area (Å²) in [6, 6.07) is 8.11. The number of benzene rings is 1. The molecule has 17 heavy (non-hydrogen) atoms. The maximum Gasteiger partial charge on any atom is 0.166 e. The quantitative estimate of drug-likeness (QED) is 0.861. The lowest BCUT2D eigenvalue weighted by Crippen LogP contribution is -2.05. The van der Waals surface area contributed by atoms with Gasteiger partial charge in [-0.2, -0.15) is 5.10 Å². The van der Waals surface area contributed by atoms with Crippen LogP contribution in [0.3, 0.4) is 0 Å². The van der Waals surface area contributed by atoms with Gasteiger partial charge in [-0.1, -0.05) is 32.0 Å². The summed E-state index contributed by atoms with van der Waals surface area (Å²) in [6.45, 7) is 4.16. The number of nitrogens with zero attached hydrogens (tertiary/aromatic N) is 2. The fourth-order valence-electron chi connectivity index (χ4n) is 2.02. The van der Waals surface area contributed by atoms with E-state index in [9.17, 15) is 0 Å². The smallest absolute Gasteiger partial charge is 0.166 e. The molecule has 0 bridgehead atoms. The molecule has 0 saturated heterocycles. The van der Waals surface area contributed by atoms with Gasteiger partial charge in [-0.3, -0.25) is 5.10 Å². The van der Waals surface area contributed by atoms with Gasteiger partial charge < -0.3 is 4.74 Å². The van der Waals surface area contributed by atoms with Gasteiger partial charge >= 0.3 is 0 Å². The second-order valence-corrected chi connectivity index (χ2v) is 4.65. The summed E-state index contributed by atoms with van der Waals surface area (Å²) in [5, 5.41) is 7.18. The first-order valence-corrected chi connectivity index (χ1v) is 5.91. The first kappa shape index (κ1) is 10.3. The number of hydrogen-bond acceptors (Lipinski definition) is 3. The van der Waals surface area contributed by atoms with Gasteiger partial charge in [0.15, 0.2) is 17.8 Å². The van der Waals surface area contributed by atoms with Crippen molar-refractivity contribution < 1.29 is 4.74 Å². The van der Waals surface area contributed by atoms with Crippen LogP contribution >= 0.6 is 0 Å². The number of rotatable bonds is 2. The Balaban J connectivity index is 1.84. The maximum atomic E-state index is 5.85. The molecule has 1 N–H and O–H groups in total. The third kappa shape index (κ3) is 1.79. The van der Waals surface area contributed by atoms with Gasteiger partial charge in [-0.15, -0.1) is 0 Å². The van der Waals surface area contributed by atoms with Crippen molar-refractivity contribution in [3.8, 4) is 5.75 Å². The summed E-state index contributed by atoms with van der Waals surface area (Å²) < 4.78 is 5.85. The predicted molar refractivity (Wildman–Crippen MR) is 64.0 cm³/mol. The normalized spacial score (nSPS) is 18.2. The van der Waals surface area contributed by atoms with Crippen LogP contribution in [0.1, 0.15) is 43.1 Å². The molecular weight excluding hydrogens is 214 g/mol. The number of hydrogen-bond donors (Lipinski definition) is 1. The van der Waals surface area contributed by atoms with Crippen LogP contribution in [-0.4, -0.2) is 15.2 Å². The highest BCUT2D eigenvalue weighted by atomic mass is 16.5. The number of nitrogens with one attached hydrogen (secondary N) is 1. The molecule has 2 heterocycles. The van der Waals surface area contributed by atoms with Crippen LogP contribution in [-0.2, 0) is 6.42 Å². The second kappa shape index (κ2) is 3.87. The fraction of sp³-hybridized carbons (Fsp3) is 0.385. The average molecular weight is 229 g/mol. The number of fused-ring (bicyclic) bond motifs is 1. The van der Waals surface area contributed by atoms with Gasteiger partial charge in [-0.25, -0.2) is 4.98 Å². The van der Waals surface area contributed by atoms with Gasteiger partial charge in [-0.05, 0) is 11.6 Å². The Hall–Kier alpha value is -1.84. The maximum absolute atomic E-state index is 5.85. The Morgan fingerprint density at radius 2 is 2.18 bits per heavy atom. The minimum atomic E-state index is -0.0209. The van der Waals surface area contributed by atoms with Gasteiger partial charge in [0.05, 0.1) is 0 Å². The molecule has 4 heteroatoms. The molecule has 0 aliphatic carbocycles. The van der Waals surface area contributed by atoms with Crippen LogP contribution < -0.4 is 4.74 Å². The van der Waals surface area contributed by atoms with E-state index in [4.69, 9.17) is 4.74 Å². The van der Waals surface area contributed by atoms with E-state index in [1.165, 1.54) is 5.56 Å². The number of aromatic nitrogens is 3. The molecule has 0 saturated carbocycles. The second-order valence-electron chi connectivity index (χ2n) is 4.65. The Kier molecular flexibility index (Phi) is 2.35. The van der Waals surface area contributed by atoms with Gasteiger partial charge in [0.2, 0.25) is 0 Å². The molecule has 1 aliphatic heterocycles. The molecule has 1 aromatic carbocycles. The Morgan fingerprint density at radius 3 is 2.88 bits per heavy atom. The lowest BCUT2D eigenvalue weighted by Gasteiger charge is -2.05. The zero-order valence-electron chi connectivity index (χ0n) is 9.97. The van der Waals surface area contributed by atoms with Crippen molar-refractivity contribution in [2.24, 2.45) is 0 Å². The highest BCUT2D eigenvalue weighted by Gasteiger charge is 2.26. The molecule has 1 aliphatic rings. The minimum Gasteiger partial charge on any atom is -0.482 e. The number of H-pyrrole nitrogens is 1. The van der Waals surface area contributed by atoms with E-state index in [1.807, 2.05) is 18.2 Å². The summed E-state index contributed by atoms with van der Waals surface area (Å²) in [5.74, 6) is 2.97. The molecule has 2 aromatic rings. The van der Waals surface area contributed by atoms with Crippen molar-refractivity contribution in [2.45, 2.75) is 32.3 Å². The number of ether oxygens (including phenoxy) is 1. The van der Waals surface area contributed by atoms with Crippen molar-refractivity contribution in [3.05, 3.63) is 41.5 Å². The Labute approximate surface area is 100 Å². The predicted octanol–water partition coefficient (Wildman–Crippen LogP) is 2.60. The zero-order valence-corrected chi connectivity index (χ0v) is 9.97. The van der Waals surface area contributed by atoms with Crippen molar-refractivity contribution in [1.29, 1.82) is 0 Å². The van der Waals surface area contributed by atoms with Gasteiger partial charge in [0.1, 0.15) is 5.75 Å². The molecule has 0 fully saturated rings. The molecule has 3 rings (SSSR count). The molecule has 1 aromatic heterocycles. The Morgan fingerprint density at radius 1 is 1.35 bits per heavy atom. The highest BCUT2D eigenvalue weighted by molar-refractivity contribution is 5.37. The summed E-state index contributed by atoms with van der Waals surface area (Å²) in [4.78, 5) is 4.48. The summed E-state index contributed by atoms with van der Waals surface area (Å²) in [5.41, 5.74) is 1.24. The number of para-hydroxylation sites is 1. The molecule has 4 nitrogen and oxygen atoms in total. The standard InChI is InChI=1S/C13H15N3O/c1-8(2)12-14-13(16-15-12)11-7-9-5-3-4-6-10(9)17-11/h3-6,8,11H,7H2,1-2H3,(H,14,15,16). The molecule has 0 amide bonds. The largest absolute Gasteiger partial charge is 0.482 e. The molecule has 0 spiro atoms. The van der Waals surface area contributed by atoms with Crippen LogP contribution in [0.15, 0.2) is 24.3 Å². The van der Waals surface area contributed by atoms with Crippen molar-refractivity contribution in [3.63, 3.8) is 0 Å². The number of aromatic amines is 1. The van der Waals surface area contributed by atoms with Gasteiger partial charge in [0, 0.05) is 12.3 Å². The van der Waals surface area contributed by atoms with Crippen LogP contribution in [0.5, 0.6) is 5.75 Å². The molecule has 88 valence electrons. The van der Waals surface area contributed by atoms with Crippen molar-refractivity contribution in [1.82, 2.24) is 15.2 Å². The topological polar surface area (TPSA) is 50.8 Å². The van der Waals surface area contributed by atoms with E-state index >= 15 is 0 Å². The van der Waals surface area contributed by atoms with Crippen LogP contribution in [0.4, 0.5) is 0 Å². The zero-order chi connectivity index (χ0) is 11.8. The first-order chi connectivity index (χ1) is 8.24. The summed E-state index contributed by atoms with van der Waals surface area (Å²) in [7, 11) is 0. The van der Waals surface area contributed by atoms with Crippen molar-refractivity contribution in [2.75, 3.05) is 0 Å². The lowest BCUT2D eigenvalue weighted by molar-refractivity contribution is 0.228. The van der Waals surface area contributed by atoms with E-state index in [1.54, 1.807) is 0 Å². The van der Waals surface area contributed by atoms with E-state index < -0.39 is 0 Å². The molecule has 1 atom stereocenters. The summed E-state index contributed by atoms with van der Waals surface area (Å²) in [6.07, 6.45) is 0.843. The third-order valence-electron chi connectivity index (χ3n) is 2.99. The lowest BCUT2D eigenvalue weighted by atomic mass is 10.1. The van der Waals surface area contributed by atoms with Crippen molar-refractivity contribution >= 4 is 0 Å². The third-order valence-corrected chi connectivity index (χ3v) is 2.99. The molecular formula is C13H15N3O. The van der Waals surface area contributed by atoms with E-state index in [0.717, 1.165) is 23.8 Å². The van der Waals surface area contributed by atoms with Crippen LogP contribution in [0.2, 0.25) is 0 Å². The molecule has 0 radical (unpaired) electrons. The first-order valence-electron chi connectivity index (χ1n) is 5.91. The Bertz CT molecular complexity index is 508. The molecule has 1 unspecified atom stereocenters.